The minimum atomic E-state index is 0.445. The molecule has 6 heteroatoms. The number of aromatic nitrogens is 2. The molecular formula is C12H22N4OS. The monoisotopic (exact) mass is 270 g/mol. The van der Waals surface area contributed by atoms with Crippen LogP contribution in [0.4, 0.5) is 6.01 Å². The molecule has 1 aromatic heterocycles. The van der Waals surface area contributed by atoms with Crippen molar-refractivity contribution in [3.63, 3.8) is 0 Å². The molecule has 0 aliphatic carbocycles. The van der Waals surface area contributed by atoms with Crippen LogP contribution in [0.25, 0.3) is 0 Å². The van der Waals surface area contributed by atoms with E-state index >= 15 is 0 Å². The van der Waals surface area contributed by atoms with Gasteiger partial charge in [-0.1, -0.05) is 18.9 Å². The fourth-order valence-corrected chi connectivity index (χ4v) is 3.11. The molecule has 5 nitrogen and oxygen atoms in total. The van der Waals surface area contributed by atoms with Gasteiger partial charge in [0, 0.05) is 23.6 Å². The normalized spacial score (nSPS) is 24.5. The van der Waals surface area contributed by atoms with E-state index in [0.717, 1.165) is 25.3 Å². The lowest BCUT2D eigenvalue weighted by atomic mass is 10.2. The van der Waals surface area contributed by atoms with E-state index in [1.165, 1.54) is 0 Å². The Morgan fingerprint density at radius 2 is 2.28 bits per heavy atom. The molecular weight excluding hydrogens is 248 g/mol. The Balaban J connectivity index is 1.96. The van der Waals surface area contributed by atoms with Gasteiger partial charge in [-0.15, -0.1) is 5.10 Å². The Morgan fingerprint density at radius 1 is 1.44 bits per heavy atom. The van der Waals surface area contributed by atoms with Crippen molar-refractivity contribution < 1.29 is 4.42 Å². The third kappa shape index (κ3) is 3.17. The predicted molar refractivity (Wildman–Crippen MR) is 75.0 cm³/mol. The number of rotatable bonds is 5. The minimum absolute atomic E-state index is 0.445. The molecule has 102 valence electrons. The Morgan fingerprint density at radius 3 is 3.06 bits per heavy atom. The summed E-state index contributed by atoms with van der Waals surface area (Å²) in [6, 6.07) is 1.11. The lowest BCUT2D eigenvalue weighted by Gasteiger charge is -2.35. The summed E-state index contributed by atoms with van der Waals surface area (Å²) in [5.74, 6) is 1.80. The summed E-state index contributed by atoms with van der Waals surface area (Å²) < 4.78 is 5.72. The van der Waals surface area contributed by atoms with E-state index in [0.29, 0.717) is 29.7 Å². The van der Waals surface area contributed by atoms with Crippen molar-refractivity contribution in [2.75, 3.05) is 23.7 Å². The van der Waals surface area contributed by atoms with Crippen molar-refractivity contribution in [3.05, 3.63) is 5.89 Å². The molecule has 18 heavy (non-hydrogen) atoms. The highest BCUT2D eigenvalue weighted by Gasteiger charge is 2.28. The van der Waals surface area contributed by atoms with Gasteiger partial charge in [0.15, 0.2) is 0 Å². The molecule has 0 amide bonds. The quantitative estimate of drug-likeness (QED) is 0.825. The zero-order valence-corrected chi connectivity index (χ0v) is 12.2. The standard InChI is InChI=1S/C12H22N4OS/c1-4-5-13-8-11-14-15-12(17-11)16-6-7-18-10(3)9(16)2/h9-10,13H,4-8H2,1-3H3. The molecule has 0 radical (unpaired) electrons. The molecule has 2 unspecified atom stereocenters. The van der Waals surface area contributed by atoms with Crippen LogP contribution in [-0.2, 0) is 6.54 Å². The Kier molecular flexibility index (Phi) is 4.88. The second-order valence-corrected chi connectivity index (χ2v) is 6.15. The van der Waals surface area contributed by atoms with Gasteiger partial charge in [0.25, 0.3) is 0 Å². The van der Waals surface area contributed by atoms with Crippen LogP contribution in [-0.4, -0.2) is 40.3 Å². The van der Waals surface area contributed by atoms with E-state index in [2.05, 4.69) is 41.2 Å². The zero-order chi connectivity index (χ0) is 13.0. The number of hydrogen-bond acceptors (Lipinski definition) is 6. The summed E-state index contributed by atoms with van der Waals surface area (Å²) in [6.07, 6.45) is 1.11. The van der Waals surface area contributed by atoms with Crippen LogP contribution < -0.4 is 10.2 Å². The van der Waals surface area contributed by atoms with Crippen LogP contribution in [0.15, 0.2) is 4.42 Å². The van der Waals surface area contributed by atoms with E-state index < -0.39 is 0 Å². The van der Waals surface area contributed by atoms with Crippen molar-refractivity contribution >= 4 is 17.8 Å². The smallest absolute Gasteiger partial charge is 0.318 e. The molecule has 1 fully saturated rings. The first-order chi connectivity index (χ1) is 8.72. The van der Waals surface area contributed by atoms with Gasteiger partial charge in [-0.3, -0.25) is 0 Å². The fraction of sp³-hybridized carbons (Fsp3) is 0.833. The van der Waals surface area contributed by atoms with Gasteiger partial charge in [0.2, 0.25) is 5.89 Å². The molecule has 1 saturated heterocycles. The summed E-state index contributed by atoms with van der Waals surface area (Å²) in [4.78, 5) is 2.22. The zero-order valence-electron chi connectivity index (χ0n) is 11.3. The number of anilines is 1. The summed E-state index contributed by atoms with van der Waals surface area (Å²) >= 11 is 2.00. The van der Waals surface area contributed by atoms with Crippen molar-refractivity contribution in [2.24, 2.45) is 0 Å². The third-order valence-corrected chi connectivity index (χ3v) is 4.63. The molecule has 0 bridgehead atoms. The van der Waals surface area contributed by atoms with Crippen LogP contribution in [0.1, 0.15) is 33.1 Å². The van der Waals surface area contributed by atoms with Crippen LogP contribution in [0, 0.1) is 0 Å². The van der Waals surface area contributed by atoms with Gasteiger partial charge in [-0.05, 0) is 19.9 Å². The Hall–Kier alpha value is -0.750. The molecule has 1 aromatic rings. The molecule has 1 aliphatic heterocycles. The minimum Gasteiger partial charge on any atom is -0.407 e. The maximum atomic E-state index is 5.72. The van der Waals surface area contributed by atoms with Gasteiger partial charge >= 0.3 is 6.01 Å². The van der Waals surface area contributed by atoms with Gasteiger partial charge in [-0.2, -0.15) is 11.8 Å². The van der Waals surface area contributed by atoms with Gasteiger partial charge in [0.05, 0.1) is 6.54 Å². The van der Waals surface area contributed by atoms with E-state index in [4.69, 9.17) is 4.42 Å². The Labute approximate surface area is 113 Å². The maximum absolute atomic E-state index is 5.72. The van der Waals surface area contributed by atoms with Crippen molar-refractivity contribution in [3.8, 4) is 0 Å². The van der Waals surface area contributed by atoms with Crippen LogP contribution in [0.5, 0.6) is 0 Å². The molecule has 2 atom stereocenters. The van der Waals surface area contributed by atoms with E-state index in [9.17, 15) is 0 Å². The highest BCUT2D eigenvalue weighted by atomic mass is 32.2. The molecule has 0 aromatic carbocycles. The van der Waals surface area contributed by atoms with Gasteiger partial charge in [-0.25, -0.2) is 0 Å². The molecule has 0 saturated carbocycles. The van der Waals surface area contributed by atoms with Crippen LogP contribution in [0.3, 0.4) is 0 Å². The largest absolute Gasteiger partial charge is 0.407 e. The first-order valence-corrected chi connectivity index (χ1v) is 7.68. The number of thioether (sulfide) groups is 1. The van der Waals surface area contributed by atoms with Crippen molar-refractivity contribution in [1.29, 1.82) is 0 Å². The number of nitrogens with one attached hydrogen (secondary N) is 1. The van der Waals surface area contributed by atoms with Crippen LogP contribution >= 0.6 is 11.8 Å². The van der Waals surface area contributed by atoms with E-state index in [-0.39, 0.29) is 0 Å². The van der Waals surface area contributed by atoms with E-state index in [1.807, 2.05) is 11.8 Å². The van der Waals surface area contributed by atoms with Crippen molar-refractivity contribution in [2.45, 2.75) is 45.0 Å². The molecule has 0 spiro atoms. The maximum Gasteiger partial charge on any atom is 0.318 e. The fourth-order valence-electron chi connectivity index (χ4n) is 2.01. The highest BCUT2D eigenvalue weighted by Crippen LogP contribution is 2.28. The average Bonchev–Trinajstić information content (AvgIpc) is 2.82. The summed E-state index contributed by atoms with van der Waals surface area (Å²) in [5.41, 5.74) is 0. The second kappa shape index (κ2) is 6.43. The SMILES string of the molecule is CCCNCc1nnc(N2CCSC(C)C2C)o1. The topological polar surface area (TPSA) is 54.2 Å². The predicted octanol–water partition coefficient (Wildman–Crippen LogP) is 1.90. The molecule has 2 heterocycles. The number of hydrogen-bond donors (Lipinski definition) is 1. The molecule has 2 rings (SSSR count). The lowest BCUT2D eigenvalue weighted by Crippen LogP contribution is -2.44. The summed E-state index contributed by atoms with van der Waals surface area (Å²) in [5, 5.41) is 12.1. The van der Waals surface area contributed by atoms with Gasteiger partial charge in [0.1, 0.15) is 0 Å². The van der Waals surface area contributed by atoms with Crippen molar-refractivity contribution in [1.82, 2.24) is 15.5 Å². The van der Waals surface area contributed by atoms with Gasteiger partial charge < -0.3 is 14.6 Å². The molecule has 1 aliphatic rings. The highest BCUT2D eigenvalue weighted by molar-refractivity contribution is 8.00. The summed E-state index contributed by atoms with van der Waals surface area (Å²) in [6.45, 7) is 9.23. The third-order valence-electron chi connectivity index (χ3n) is 3.29. The first kappa shape index (κ1) is 13.7. The number of nitrogens with zero attached hydrogens (tertiary/aromatic N) is 3. The van der Waals surface area contributed by atoms with E-state index in [1.54, 1.807) is 0 Å². The molecule has 1 N–H and O–H groups in total. The van der Waals surface area contributed by atoms with Crippen LogP contribution in [0.2, 0.25) is 0 Å². The summed E-state index contributed by atoms with van der Waals surface area (Å²) in [7, 11) is 0. The first-order valence-electron chi connectivity index (χ1n) is 6.63. The average molecular weight is 270 g/mol. The Bertz CT molecular complexity index is 371. The lowest BCUT2D eigenvalue weighted by molar-refractivity contribution is 0.447. The second-order valence-electron chi connectivity index (χ2n) is 4.67.